The normalized spacial score (nSPS) is 21.2. The Kier molecular flexibility index (Phi) is 6.04. The van der Waals surface area contributed by atoms with E-state index in [1.54, 1.807) is 14.2 Å². The van der Waals surface area contributed by atoms with Crippen LogP contribution in [-0.4, -0.2) is 25.0 Å². The minimum absolute atomic E-state index is 0.302. The molecule has 1 saturated carbocycles. The minimum atomic E-state index is 0.302. The number of nitrogens with one attached hydrogen (secondary N) is 2. The number of anilines is 1. The summed E-state index contributed by atoms with van der Waals surface area (Å²) in [6.07, 6.45) is 3.26. The van der Waals surface area contributed by atoms with Crippen molar-refractivity contribution in [3.05, 3.63) is 18.2 Å². The maximum absolute atomic E-state index is 5.33. The van der Waals surface area contributed by atoms with E-state index in [0.717, 1.165) is 18.5 Å². The molecule has 0 unspecified atom stereocenters. The smallest absolute Gasteiger partial charge is 0.191 e. The third-order valence-corrected chi connectivity index (χ3v) is 4.32. The number of hydrogen-bond donors (Lipinski definition) is 2. The highest BCUT2D eigenvalue weighted by Gasteiger charge is 2.29. The van der Waals surface area contributed by atoms with Crippen molar-refractivity contribution >= 4 is 28.7 Å². The Hall–Kier alpha value is -1.82. The Bertz CT molecular complexity index is 629. The van der Waals surface area contributed by atoms with Gasteiger partial charge in [0.2, 0.25) is 0 Å². The summed E-state index contributed by atoms with van der Waals surface area (Å²) in [4.78, 5) is 0. The van der Waals surface area contributed by atoms with E-state index in [-0.39, 0.29) is 0 Å². The van der Waals surface area contributed by atoms with Gasteiger partial charge in [-0.15, -0.1) is 0 Å². The SMILES string of the molecule is COc1ccc(NC(=S)N/N=C2\C[C@@H](C)CC(C)(C)C2)cc1OC. The second-order valence-corrected chi connectivity index (χ2v) is 7.58. The molecule has 132 valence electrons. The van der Waals surface area contributed by atoms with E-state index >= 15 is 0 Å². The number of rotatable bonds is 4. The van der Waals surface area contributed by atoms with Crippen LogP contribution in [0, 0.1) is 11.3 Å². The van der Waals surface area contributed by atoms with Crippen molar-refractivity contribution in [2.75, 3.05) is 19.5 Å². The largest absolute Gasteiger partial charge is 0.493 e. The average Bonchev–Trinajstić information content (AvgIpc) is 2.51. The van der Waals surface area contributed by atoms with Crippen molar-refractivity contribution in [2.24, 2.45) is 16.4 Å². The van der Waals surface area contributed by atoms with Crippen LogP contribution < -0.4 is 20.2 Å². The Morgan fingerprint density at radius 3 is 2.58 bits per heavy atom. The van der Waals surface area contributed by atoms with Crippen molar-refractivity contribution in [2.45, 2.75) is 40.0 Å². The van der Waals surface area contributed by atoms with E-state index < -0.39 is 0 Å². The lowest BCUT2D eigenvalue weighted by atomic mass is 9.72. The Labute approximate surface area is 149 Å². The van der Waals surface area contributed by atoms with Crippen LogP contribution in [0.3, 0.4) is 0 Å². The van der Waals surface area contributed by atoms with Crippen molar-refractivity contribution in [3.63, 3.8) is 0 Å². The van der Waals surface area contributed by atoms with Crippen LogP contribution in [0.1, 0.15) is 40.0 Å². The molecule has 1 fully saturated rings. The minimum Gasteiger partial charge on any atom is -0.493 e. The maximum Gasteiger partial charge on any atom is 0.191 e. The lowest BCUT2D eigenvalue weighted by Gasteiger charge is -2.34. The lowest BCUT2D eigenvalue weighted by molar-refractivity contribution is 0.265. The molecule has 2 rings (SSSR count). The van der Waals surface area contributed by atoms with Crippen molar-refractivity contribution in [1.82, 2.24) is 5.43 Å². The molecule has 24 heavy (non-hydrogen) atoms. The predicted octanol–water partition coefficient (Wildman–Crippen LogP) is 4.19. The molecular weight excluding hydrogens is 322 g/mol. The van der Waals surface area contributed by atoms with Gasteiger partial charge >= 0.3 is 0 Å². The van der Waals surface area contributed by atoms with Crippen molar-refractivity contribution in [3.8, 4) is 11.5 Å². The highest BCUT2D eigenvalue weighted by atomic mass is 32.1. The molecule has 2 N–H and O–H groups in total. The molecule has 6 heteroatoms. The van der Waals surface area contributed by atoms with Gasteiger partial charge in [-0.3, -0.25) is 5.43 Å². The van der Waals surface area contributed by atoms with Gasteiger partial charge in [-0.2, -0.15) is 5.10 Å². The zero-order valence-electron chi connectivity index (χ0n) is 15.1. The van der Waals surface area contributed by atoms with Crippen LogP contribution in [0.15, 0.2) is 23.3 Å². The highest BCUT2D eigenvalue weighted by molar-refractivity contribution is 7.80. The van der Waals surface area contributed by atoms with E-state index in [4.69, 9.17) is 21.7 Å². The van der Waals surface area contributed by atoms with E-state index in [9.17, 15) is 0 Å². The predicted molar refractivity (Wildman–Crippen MR) is 103 cm³/mol. The first-order chi connectivity index (χ1) is 11.3. The topological polar surface area (TPSA) is 54.9 Å². The number of thiocarbonyl (C=S) groups is 1. The molecule has 0 spiro atoms. The number of hydrazone groups is 1. The Morgan fingerprint density at radius 2 is 1.96 bits per heavy atom. The summed E-state index contributed by atoms with van der Waals surface area (Å²) < 4.78 is 10.5. The van der Waals surface area contributed by atoms with Crippen LogP contribution in [0.4, 0.5) is 5.69 Å². The summed E-state index contributed by atoms with van der Waals surface area (Å²) in [5.41, 5.74) is 5.26. The fraction of sp³-hybridized carbons (Fsp3) is 0.556. The fourth-order valence-corrected chi connectivity index (χ4v) is 3.57. The number of benzene rings is 1. The Morgan fingerprint density at radius 1 is 1.25 bits per heavy atom. The molecule has 1 aromatic carbocycles. The van der Waals surface area contributed by atoms with Gasteiger partial charge in [-0.1, -0.05) is 20.8 Å². The van der Waals surface area contributed by atoms with Gasteiger partial charge in [0.15, 0.2) is 16.6 Å². The number of methoxy groups -OCH3 is 2. The molecule has 1 atom stereocenters. The molecule has 0 radical (unpaired) electrons. The summed E-state index contributed by atoms with van der Waals surface area (Å²) in [5.74, 6) is 1.99. The molecular formula is C18H27N3O2S. The summed E-state index contributed by atoms with van der Waals surface area (Å²) in [7, 11) is 3.22. The highest BCUT2D eigenvalue weighted by Crippen LogP contribution is 2.36. The zero-order chi connectivity index (χ0) is 17.7. The molecule has 1 aliphatic rings. The summed E-state index contributed by atoms with van der Waals surface area (Å²) in [5, 5.41) is 8.09. The lowest BCUT2D eigenvalue weighted by Crippen LogP contribution is -2.31. The van der Waals surface area contributed by atoms with Gasteiger partial charge in [-0.05, 0) is 54.9 Å². The van der Waals surface area contributed by atoms with Crippen molar-refractivity contribution in [1.29, 1.82) is 0 Å². The van der Waals surface area contributed by atoms with Crippen LogP contribution in [0.2, 0.25) is 0 Å². The van der Waals surface area contributed by atoms with Crippen molar-refractivity contribution < 1.29 is 9.47 Å². The van der Waals surface area contributed by atoms with Crippen LogP contribution in [-0.2, 0) is 0 Å². The van der Waals surface area contributed by atoms with Gasteiger partial charge in [0.05, 0.1) is 14.2 Å². The summed E-state index contributed by atoms with van der Waals surface area (Å²) >= 11 is 5.33. The zero-order valence-corrected chi connectivity index (χ0v) is 15.9. The second kappa shape index (κ2) is 7.83. The average molecular weight is 350 g/mol. The quantitative estimate of drug-likeness (QED) is 0.630. The van der Waals surface area contributed by atoms with E-state index in [1.807, 2.05) is 18.2 Å². The molecule has 1 aliphatic carbocycles. The van der Waals surface area contributed by atoms with Crippen LogP contribution >= 0.6 is 12.2 Å². The second-order valence-electron chi connectivity index (χ2n) is 7.17. The van der Waals surface area contributed by atoms with E-state index in [2.05, 4.69) is 36.6 Å². The van der Waals surface area contributed by atoms with Crippen LogP contribution in [0.25, 0.3) is 0 Å². The fourth-order valence-electron chi connectivity index (χ4n) is 3.40. The first-order valence-electron chi connectivity index (χ1n) is 8.17. The third-order valence-electron chi connectivity index (χ3n) is 4.12. The third kappa shape index (κ3) is 5.09. The summed E-state index contributed by atoms with van der Waals surface area (Å²) in [6.45, 7) is 6.85. The molecule has 0 saturated heterocycles. The monoisotopic (exact) mass is 349 g/mol. The molecule has 0 amide bonds. The standard InChI is InChI=1S/C18H27N3O2S/c1-12-8-14(11-18(2,3)10-12)20-21-17(24)19-13-6-7-15(22-4)16(9-13)23-5/h6-7,9,12H,8,10-11H2,1-5H3,(H2,19,21,24)/b20-14+/t12-/m1/s1. The molecule has 0 bridgehead atoms. The number of hydrogen-bond acceptors (Lipinski definition) is 4. The van der Waals surface area contributed by atoms with Crippen LogP contribution in [0.5, 0.6) is 11.5 Å². The van der Waals surface area contributed by atoms with Gasteiger partial charge in [0.25, 0.3) is 0 Å². The van der Waals surface area contributed by atoms with Gasteiger partial charge in [-0.25, -0.2) is 0 Å². The number of ether oxygens (including phenoxy) is 2. The molecule has 1 aromatic rings. The molecule has 5 nitrogen and oxygen atoms in total. The maximum atomic E-state index is 5.33. The molecule has 0 heterocycles. The summed E-state index contributed by atoms with van der Waals surface area (Å²) in [6, 6.07) is 5.56. The number of nitrogens with zero attached hydrogens (tertiary/aromatic N) is 1. The molecule has 0 aliphatic heterocycles. The first-order valence-corrected chi connectivity index (χ1v) is 8.58. The van der Waals surface area contributed by atoms with E-state index in [1.165, 1.54) is 12.1 Å². The first kappa shape index (κ1) is 18.5. The molecule has 0 aromatic heterocycles. The van der Waals surface area contributed by atoms with Gasteiger partial charge in [0, 0.05) is 17.5 Å². The van der Waals surface area contributed by atoms with E-state index in [0.29, 0.717) is 27.9 Å². The van der Waals surface area contributed by atoms with Gasteiger partial charge in [0.1, 0.15) is 0 Å². The van der Waals surface area contributed by atoms with Gasteiger partial charge < -0.3 is 14.8 Å². The Balaban J connectivity index is 1.97.